The summed E-state index contributed by atoms with van der Waals surface area (Å²) in [6.45, 7) is 2.49. The van der Waals surface area contributed by atoms with Crippen LogP contribution in [0.25, 0.3) is 0 Å². The van der Waals surface area contributed by atoms with Crippen LogP contribution in [-0.2, 0) is 4.74 Å². The van der Waals surface area contributed by atoms with Crippen LogP contribution in [0.3, 0.4) is 0 Å². The molecule has 1 amide bonds. The largest absolute Gasteiger partial charge is 0.494 e. The highest BCUT2D eigenvalue weighted by Gasteiger charge is 2.22. The van der Waals surface area contributed by atoms with Crippen LogP contribution < -0.4 is 10.1 Å². The third-order valence-corrected chi connectivity index (χ3v) is 3.05. The lowest BCUT2D eigenvalue weighted by Gasteiger charge is -2.23. The number of ether oxygens (including phenoxy) is 2. The standard InChI is InChI=1S/C13H16ClNO3/c1-9-11-8-10(17-7-3-2-6-14)4-5-12(11)15-13(16)18-9/h4-5,8-9H,2-3,6-7H2,1H3,(H,15,16). The van der Waals surface area contributed by atoms with E-state index in [1.165, 1.54) is 0 Å². The molecule has 4 nitrogen and oxygen atoms in total. The highest BCUT2D eigenvalue weighted by molar-refractivity contribution is 6.17. The van der Waals surface area contributed by atoms with Crippen molar-refractivity contribution in [1.82, 2.24) is 0 Å². The second kappa shape index (κ2) is 5.96. The molecule has 98 valence electrons. The van der Waals surface area contributed by atoms with Gasteiger partial charge in [0, 0.05) is 11.4 Å². The zero-order valence-electron chi connectivity index (χ0n) is 10.2. The van der Waals surface area contributed by atoms with Crippen molar-refractivity contribution in [3.63, 3.8) is 0 Å². The zero-order chi connectivity index (χ0) is 13.0. The number of benzene rings is 1. The molecule has 0 spiro atoms. The normalized spacial score (nSPS) is 17.7. The molecule has 1 heterocycles. The van der Waals surface area contributed by atoms with Crippen LogP contribution in [0, 0.1) is 0 Å². The highest BCUT2D eigenvalue weighted by atomic mass is 35.5. The molecule has 0 aromatic heterocycles. The lowest BCUT2D eigenvalue weighted by molar-refractivity contribution is 0.116. The predicted molar refractivity (Wildman–Crippen MR) is 70.4 cm³/mol. The Morgan fingerprint density at radius 1 is 1.44 bits per heavy atom. The maximum absolute atomic E-state index is 11.2. The number of halogens is 1. The predicted octanol–water partition coefficient (Wildman–Crippen LogP) is 3.71. The van der Waals surface area contributed by atoms with Crippen LogP contribution in [0.2, 0.25) is 0 Å². The van der Waals surface area contributed by atoms with Gasteiger partial charge in [0.05, 0.1) is 12.3 Å². The molecule has 2 rings (SSSR count). The number of cyclic esters (lactones) is 1. The first kappa shape index (κ1) is 13.0. The first-order valence-electron chi connectivity index (χ1n) is 6.01. The summed E-state index contributed by atoms with van der Waals surface area (Å²) < 4.78 is 10.7. The number of hydrogen-bond donors (Lipinski definition) is 1. The Hall–Kier alpha value is -1.42. The van der Waals surface area contributed by atoms with Gasteiger partial charge in [-0.05, 0) is 38.0 Å². The van der Waals surface area contributed by atoms with E-state index in [0.29, 0.717) is 12.5 Å². The van der Waals surface area contributed by atoms with Crippen LogP contribution in [0.5, 0.6) is 5.75 Å². The van der Waals surface area contributed by atoms with Gasteiger partial charge in [0.25, 0.3) is 0 Å². The molecular formula is C13H16ClNO3. The monoisotopic (exact) mass is 269 g/mol. The van der Waals surface area contributed by atoms with Gasteiger partial charge in [-0.3, -0.25) is 5.32 Å². The molecule has 0 radical (unpaired) electrons. The summed E-state index contributed by atoms with van der Waals surface area (Å²) in [6, 6.07) is 5.58. The van der Waals surface area contributed by atoms with Gasteiger partial charge in [0.2, 0.25) is 0 Å². The Morgan fingerprint density at radius 3 is 3.06 bits per heavy atom. The van der Waals surface area contributed by atoms with E-state index in [1.54, 1.807) is 0 Å². The molecule has 0 fully saturated rings. The van der Waals surface area contributed by atoms with Crippen molar-refractivity contribution in [3.05, 3.63) is 23.8 Å². The van der Waals surface area contributed by atoms with Crippen molar-refractivity contribution < 1.29 is 14.3 Å². The average Bonchev–Trinajstić information content (AvgIpc) is 2.35. The van der Waals surface area contributed by atoms with Crippen molar-refractivity contribution in [3.8, 4) is 5.75 Å². The minimum absolute atomic E-state index is 0.250. The maximum atomic E-state index is 11.2. The van der Waals surface area contributed by atoms with E-state index < -0.39 is 6.09 Å². The van der Waals surface area contributed by atoms with E-state index in [0.717, 1.165) is 29.8 Å². The van der Waals surface area contributed by atoms with E-state index in [2.05, 4.69) is 5.32 Å². The molecule has 1 N–H and O–H groups in total. The molecule has 1 unspecified atom stereocenters. The highest BCUT2D eigenvalue weighted by Crippen LogP contribution is 2.33. The van der Waals surface area contributed by atoms with Gasteiger partial charge in [-0.15, -0.1) is 11.6 Å². The summed E-state index contributed by atoms with van der Waals surface area (Å²) >= 11 is 5.60. The SMILES string of the molecule is CC1OC(=O)Nc2ccc(OCCCCCl)cc21. The number of nitrogens with one attached hydrogen (secondary N) is 1. The molecule has 18 heavy (non-hydrogen) atoms. The number of amides is 1. The van der Waals surface area contributed by atoms with Crippen molar-refractivity contribution in [1.29, 1.82) is 0 Å². The lowest BCUT2D eigenvalue weighted by atomic mass is 10.1. The topological polar surface area (TPSA) is 47.6 Å². The number of fused-ring (bicyclic) bond motifs is 1. The first-order chi connectivity index (χ1) is 8.70. The third kappa shape index (κ3) is 3.07. The second-order valence-corrected chi connectivity index (χ2v) is 4.54. The molecule has 1 aliphatic rings. The van der Waals surface area contributed by atoms with Crippen molar-refractivity contribution in [2.75, 3.05) is 17.8 Å². The molecule has 5 heteroatoms. The minimum atomic E-state index is -0.411. The fourth-order valence-electron chi connectivity index (χ4n) is 1.83. The lowest BCUT2D eigenvalue weighted by Crippen LogP contribution is -2.23. The number of unbranched alkanes of at least 4 members (excludes halogenated alkanes) is 1. The number of hydrogen-bond acceptors (Lipinski definition) is 3. The summed E-state index contributed by atoms with van der Waals surface area (Å²) in [5.74, 6) is 1.44. The molecule has 1 atom stereocenters. The maximum Gasteiger partial charge on any atom is 0.412 e. The van der Waals surface area contributed by atoms with E-state index in [-0.39, 0.29) is 6.10 Å². The van der Waals surface area contributed by atoms with Gasteiger partial charge in [-0.25, -0.2) is 4.79 Å². The molecule has 0 bridgehead atoms. The second-order valence-electron chi connectivity index (χ2n) is 4.17. The Balaban J connectivity index is 2.02. The van der Waals surface area contributed by atoms with Crippen LogP contribution in [0.15, 0.2) is 18.2 Å². The summed E-state index contributed by atoms with van der Waals surface area (Å²) in [7, 11) is 0. The molecule has 1 aliphatic heterocycles. The number of alkyl halides is 1. The summed E-state index contributed by atoms with van der Waals surface area (Å²) in [5, 5.41) is 2.66. The Morgan fingerprint density at radius 2 is 2.28 bits per heavy atom. The smallest absolute Gasteiger partial charge is 0.412 e. The first-order valence-corrected chi connectivity index (χ1v) is 6.54. The van der Waals surface area contributed by atoms with Crippen molar-refractivity contribution >= 4 is 23.4 Å². The van der Waals surface area contributed by atoms with Crippen LogP contribution in [-0.4, -0.2) is 18.6 Å². The number of anilines is 1. The van der Waals surface area contributed by atoms with Crippen LogP contribution in [0.1, 0.15) is 31.4 Å². The van der Waals surface area contributed by atoms with Gasteiger partial charge in [0.15, 0.2) is 0 Å². The van der Waals surface area contributed by atoms with Crippen LogP contribution in [0.4, 0.5) is 10.5 Å². The fraction of sp³-hybridized carbons (Fsp3) is 0.462. The van der Waals surface area contributed by atoms with Gasteiger partial charge < -0.3 is 9.47 Å². The third-order valence-electron chi connectivity index (χ3n) is 2.78. The van der Waals surface area contributed by atoms with Gasteiger partial charge in [-0.1, -0.05) is 0 Å². The molecule has 1 aromatic rings. The number of carbonyl (C=O) groups excluding carboxylic acids is 1. The van der Waals surface area contributed by atoms with Gasteiger partial charge >= 0.3 is 6.09 Å². The average molecular weight is 270 g/mol. The molecule has 0 saturated heterocycles. The Bertz CT molecular complexity index is 436. The van der Waals surface area contributed by atoms with E-state index >= 15 is 0 Å². The fourth-order valence-corrected chi connectivity index (χ4v) is 2.02. The summed E-state index contributed by atoms with van der Waals surface area (Å²) in [4.78, 5) is 11.2. The van der Waals surface area contributed by atoms with E-state index in [9.17, 15) is 4.79 Å². The number of carbonyl (C=O) groups is 1. The minimum Gasteiger partial charge on any atom is -0.494 e. The van der Waals surface area contributed by atoms with Crippen molar-refractivity contribution in [2.24, 2.45) is 0 Å². The summed E-state index contributed by atoms with van der Waals surface area (Å²) in [5.41, 5.74) is 1.72. The quantitative estimate of drug-likeness (QED) is 0.655. The Labute approximate surface area is 111 Å². The zero-order valence-corrected chi connectivity index (χ0v) is 11.0. The van der Waals surface area contributed by atoms with Gasteiger partial charge in [0.1, 0.15) is 11.9 Å². The molecule has 0 saturated carbocycles. The van der Waals surface area contributed by atoms with Gasteiger partial charge in [-0.2, -0.15) is 0 Å². The molecule has 1 aromatic carbocycles. The molecule has 0 aliphatic carbocycles. The summed E-state index contributed by atoms with van der Waals surface area (Å²) in [6.07, 6.45) is 1.22. The Kier molecular flexibility index (Phi) is 4.31. The van der Waals surface area contributed by atoms with E-state index in [1.807, 2.05) is 25.1 Å². The number of rotatable bonds is 5. The van der Waals surface area contributed by atoms with Crippen molar-refractivity contribution in [2.45, 2.75) is 25.9 Å². The van der Waals surface area contributed by atoms with E-state index in [4.69, 9.17) is 21.1 Å². The van der Waals surface area contributed by atoms with Crippen LogP contribution >= 0.6 is 11.6 Å². The molecular weight excluding hydrogens is 254 g/mol.